The van der Waals surface area contributed by atoms with Crippen molar-refractivity contribution in [1.82, 2.24) is 4.90 Å². The van der Waals surface area contributed by atoms with Crippen molar-refractivity contribution in [3.8, 4) is 5.75 Å². The number of likely N-dealkylation sites (N-methyl/N-ethyl adjacent to an activating group) is 1. The van der Waals surface area contributed by atoms with Gasteiger partial charge in [-0.15, -0.1) is 0 Å². The minimum atomic E-state index is 0.109. The van der Waals surface area contributed by atoms with E-state index in [9.17, 15) is 5.11 Å². The lowest BCUT2D eigenvalue weighted by Crippen LogP contribution is -2.38. The summed E-state index contributed by atoms with van der Waals surface area (Å²) in [6.45, 7) is 4.99. The first-order valence-corrected chi connectivity index (χ1v) is 6.70. The fourth-order valence-corrected chi connectivity index (χ4v) is 2.80. The molecule has 3 nitrogen and oxygen atoms in total. The Kier molecular flexibility index (Phi) is 4.15. The van der Waals surface area contributed by atoms with Crippen LogP contribution in [0.3, 0.4) is 0 Å². The predicted octanol–water partition coefficient (Wildman–Crippen LogP) is 3.22. The van der Waals surface area contributed by atoms with Crippen LogP contribution in [-0.2, 0) is 4.74 Å². The van der Waals surface area contributed by atoms with Gasteiger partial charge in [0.05, 0.1) is 6.10 Å². The first kappa shape index (κ1) is 13.7. The molecule has 1 aliphatic rings. The van der Waals surface area contributed by atoms with Crippen molar-refractivity contribution >= 4 is 11.6 Å². The van der Waals surface area contributed by atoms with Crippen LogP contribution in [0.2, 0.25) is 5.02 Å². The van der Waals surface area contributed by atoms with Crippen LogP contribution >= 0.6 is 11.6 Å². The highest BCUT2D eigenvalue weighted by Crippen LogP contribution is 2.33. The molecule has 1 aliphatic heterocycles. The number of benzene rings is 1. The van der Waals surface area contributed by atoms with Gasteiger partial charge >= 0.3 is 0 Å². The number of nitrogens with zero attached hydrogens (tertiary/aromatic N) is 1. The van der Waals surface area contributed by atoms with Gasteiger partial charge in [0.25, 0.3) is 0 Å². The van der Waals surface area contributed by atoms with Crippen molar-refractivity contribution in [3.63, 3.8) is 0 Å². The molecule has 3 unspecified atom stereocenters. The van der Waals surface area contributed by atoms with Crippen LogP contribution in [0.5, 0.6) is 5.75 Å². The zero-order valence-corrected chi connectivity index (χ0v) is 11.8. The number of ether oxygens (including phenoxy) is 1. The fourth-order valence-electron chi connectivity index (χ4n) is 2.62. The monoisotopic (exact) mass is 269 g/mol. The molecule has 4 heteroatoms. The second-order valence-corrected chi connectivity index (χ2v) is 5.41. The molecule has 1 aromatic carbocycles. The lowest BCUT2D eigenvalue weighted by Gasteiger charge is -2.32. The third-order valence-corrected chi connectivity index (χ3v) is 4.15. The summed E-state index contributed by atoms with van der Waals surface area (Å²) in [7, 11) is 2.07. The van der Waals surface area contributed by atoms with Crippen LogP contribution in [0.4, 0.5) is 0 Å². The molecule has 0 radical (unpaired) electrons. The minimum absolute atomic E-state index is 0.109. The van der Waals surface area contributed by atoms with Gasteiger partial charge in [-0.25, -0.2) is 0 Å². The number of phenolic OH excluding ortho intramolecular Hbond substituents is 1. The van der Waals surface area contributed by atoms with Crippen LogP contribution in [-0.4, -0.2) is 35.8 Å². The van der Waals surface area contributed by atoms with E-state index < -0.39 is 0 Å². The SMILES string of the molecule is CC1OCCC1N(C)C(C)c1cc(Cl)ccc1O. The number of rotatable bonds is 3. The van der Waals surface area contributed by atoms with E-state index in [0.29, 0.717) is 16.8 Å². The van der Waals surface area contributed by atoms with Crippen LogP contribution in [0.15, 0.2) is 18.2 Å². The highest BCUT2D eigenvalue weighted by molar-refractivity contribution is 6.30. The predicted molar refractivity (Wildman–Crippen MR) is 73.1 cm³/mol. The van der Waals surface area contributed by atoms with E-state index in [1.807, 2.05) is 6.07 Å². The molecule has 18 heavy (non-hydrogen) atoms. The summed E-state index contributed by atoms with van der Waals surface area (Å²) in [6, 6.07) is 5.68. The number of hydrogen-bond donors (Lipinski definition) is 1. The maximum absolute atomic E-state index is 9.95. The average molecular weight is 270 g/mol. The maximum Gasteiger partial charge on any atom is 0.120 e. The maximum atomic E-state index is 9.95. The van der Waals surface area contributed by atoms with Crippen LogP contribution in [0.1, 0.15) is 31.9 Å². The summed E-state index contributed by atoms with van der Waals surface area (Å²) in [5, 5.41) is 10.6. The largest absolute Gasteiger partial charge is 0.508 e. The zero-order valence-electron chi connectivity index (χ0n) is 11.1. The molecule has 0 aromatic heterocycles. The van der Waals surface area contributed by atoms with Crippen molar-refractivity contribution in [2.24, 2.45) is 0 Å². The summed E-state index contributed by atoms with van der Waals surface area (Å²) in [5.41, 5.74) is 0.865. The van der Waals surface area contributed by atoms with Crippen LogP contribution < -0.4 is 0 Å². The Balaban J connectivity index is 2.19. The molecule has 2 rings (SSSR count). The Morgan fingerprint density at radius 2 is 2.22 bits per heavy atom. The molecule has 1 aromatic rings. The third-order valence-electron chi connectivity index (χ3n) is 3.91. The molecule has 0 bridgehead atoms. The van der Waals surface area contributed by atoms with Crippen molar-refractivity contribution in [3.05, 3.63) is 28.8 Å². The Morgan fingerprint density at radius 1 is 1.50 bits per heavy atom. The van der Waals surface area contributed by atoms with Gasteiger partial charge in [-0.2, -0.15) is 0 Å². The first-order chi connectivity index (χ1) is 8.50. The molecular formula is C14H20ClNO2. The number of phenols is 1. The van der Waals surface area contributed by atoms with Gasteiger partial charge in [0.15, 0.2) is 0 Å². The minimum Gasteiger partial charge on any atom is -0.508 e. The molecular weight excluding hydrogens is 250 g/mol. The smallest absolute Gasteiger partial charge is 0.120 e. The Bertz CT molecular complexity index is 424. The molecule has 1 saturated heterocycles. The lowest BCUT2D eigenvalue weighted by atomic mass is 10.0. The van der Waals surface area contributed by atoms with E-state index in [2.05, 4.69) is 25.8 Å². The third kappa shape index (κ3) is 2.63. The van der Waals surface area contributed by atoms with E-state index in [-0.39, 0.29) is 12.1 Å². The zero-order chi connectivity index (χ0) is 13.3. The van der Waals surface area contributed by atoms with Gasteiger partial charge in [-0.3, -0.25) is 4.90 Å². The van der Waals surface area contributed by atoms with Gasteiger partial charge < -0.3 is 9.84 Å². The van der Waals surface area contributed by atoms with Crippen LogP contribution in [0.25, 0.3) is 0 Å². The van der Waals surface area contributed by atoms with Crippen LogP contribution in [0, 0.1) is 0 Å². The van der Waals surface area contributed by atoms with E-state index in [1.165, 1.54) is 0 Å². The van der Waals surface area contributed by atoms with Crippen molar-refractivity contribution in [2.75, 3.05) is 13.7 Å². The molecule has 100 valence electrons. The second-order valence-electron chi connectivity index (χ2n) is 4.98. The summed E-state index contributed by atoms with van der Waals surface area (Å²) < 4.78 is 5.60. The second kappa shape index (κ2) is 5.47. The summed E-state index contributed by atoms with van der Waals surface area (Å²) in [5.74, 6) is 0.297. The van der Waals surface area contributed by atoms with Crippen molar-refractivity contribution in [2.45, 2.75) is 38.5 Å². The van der Waals surface area contributed by atoms with Crippen molar-refractivity contribution < 1.29 is 9.84 Å². The van der Waals surface area contributed by atoms with Gasteiger partial charge in [0.1, 0.15) is 5.75 Å². The number of hydrogen-bond acceptors (Lipinski definition) is 3. The molecule has 1 heterocycles. The highest BCUT2D eigenvalue weighted by atomic mass is 35.5. The number of halogens is 1. The fraction of sp³-hybridized carbons (Fsp3) is 0.571. The molecule has 1 fully saturated rings. The molecule has 0 spiro atoms. The van der Waals surface area contributed by atoms with E-state index in [1.54, 1.807) is 12.1 Å². The quantitative estimate of drug-likeness (QED) is 0.915. The van der Waals surface area contributed by atoms with Crippen molar-refractivity contribution in [1.29, 1.82) is 0 Å². The Labute approximate surface area is 113 Å². The summed E-state index contributed by atoms with van der Waals surface area (Å²) in [4.78, 5) is 2.25. The molecule has 0 amide bonds. The van der Waals surface area contributed by atoms with E-state index >= 15 is 0 Å². The Morgan fingerprint density at radius 3 is 2.83 bits per heavy atom. The molecule has 3 atom stereocenters. The molecule has 0 saturated carbocycles. The lowest BCUT2D eigenvalue weighted by molar-refractivity contribution is 0.0699. The van der Waals surface area contributed by atoms with E-state index in [0.717, 1.165) is 18.6 Å². The topological polar surface area (TPSA) is 32.7 Å². The van der Waals surface area contributed by atoms with Gasteiger partial charge in [0, 0.05) is 29.3 Å². The number of aromatic hydroxyl groups is 1. The Hall–Kier alpha value is -0.770. The first-order valence-electron chi connectivity index (χ1n) is 6.32. The molecule has 1 N–H and O–H groups in total. The normalized spacial score (nSPS) is 25.6. The van der Waals surface area contributed by atoms with Gasteiger partial charge in [-0.05, 0) is 45.5 Å². The highest BCUT2D eigenvalue weighted by Gasteiger charge is 2.31. The van der Waals surface area contributed by atoms with Gasteiger partial charge in [0.2, 0.25) is 0 Å². The summed E-state index contributed by atoms with van der Waals surface area (Å²) in [6.07, 6.45) is 1.27. The van der Waals surface area contributed by atoms with Gasteiger partial charge in [-0.1, -0.05) is 11.6 Å². The summed E-state index contributed by atoms with van der Waals surface area (Å²) >= 11 is 6.00. The molecule has 0 aliphatic carbocycles. The standard InChI is InChI=1S/C14H20ClNO2/c1-9(12-8-11(15)4-5-14(12)17)16(3)13-6-7-18-10(13)2/h4-5,8-10,13,17H,6-7H2,1-3H3. The average Bonchev–Trinajstić information content (AvgIpc) is 2.77. The van der Waals surface area contributed by atoms with E-state index in [4.69, 9.17) is 16.3 Å².